The summed E-state index contributed by atoms with van der Waals surface area (Å²) in [6.45, 7) is 4.88. The van der Waals surface area contributed by atoms with Gasteiger partial charge in [-0.3, -0.25) is 0 Å². The van der Waals surface area contributed by atoms with Crippen molar-refractivity contribution in [3.8, 4) is 0 Å². The molecule has 21 heavy (non-hydrogen) atoms. The van der Waals surface area contributed by atoms with Gasteiger partial charge in [0.25, 0.3) is 0 Å². The van der Waals surface area contributed by atoms with Gasteiger partial charge in [0.05, 0.1) is 6.10 Å². The molecule has 0 bridgehead atoms. The first-order valence-electron chi connectivity index (χ1n) is 7.49. The Morgan fingerprint density at radius 3 is 2.62 bits per heavy atom. The van der Waals surface area contributed by atoms with Crippen molar-refractivity contribution in [3.05, 3.63) is 48.0 Å². The van der Waals surface area contributed by atoms with Crippen LogP contribution in [0.4, 0.5) is 4.79 Å². The van der Waals surface area contributed by atoms with Crippen molar-refractivity contribution < 1.29 is 9.90 Å². The summed E-state index contributed by atoms with van der Waals surface area (Å²) >= 11 is 0. The highest BCUT2D eigenvalue weighted by atomic mass is 16.3. The van der Waals surface area contributed by atoms with Crippen molar-refractivity contribution in [1.29, 1.82) is 0 Å². The molecular weight excluding hydrogens is 264 g/mol. The van der Waals surface area contributed by atoms with E-state index in [-0.39, 0.29) is 11.9 Å². The number of aliphatic hydroxyl groups is 1. The van der Waals surface area contributed by atoms with Gasteiger partial charge in [-0.25, -0.2) is 4.79 Å². The highest BCUT2D eigenvalue weighted by Crippen LogP contribution is 2.20. The number of hydrogen-bond donors (Lipinski definition) is 3. The van der Waals surface area contributed by atoms with E-state index in [1.54, 1.807) is 6.92 Å². The molecule has 0 heterocycles. The Balaban J connectivity index is 2.44. The van der Waals surface area contributed by atoms with Gasteiger partial charge in [0, 0.05) is 19.0 Å². The van der Waals surface area contributed by atoms with E-state index >= 15 is 0 Å². The number of benzene rings is 1. The van der Waals surface area contributed by atoms with Crippen LogP contribution in [0, 0.1) is 0 Å². The molecule has 2 atom stereocenters. The number of carbonyl (C=O) groups is 1. The molecule has 0 radical (unpaired) electrons. The van der Waals surface area contributed by atoms with E-state index in [0.29, 0.717) is 19.5 Å². The Labute approximate surface area is 127 Å². The quantitative estimate of drug-likeness (QED) is 0.509. The van der Waals surface area contributed by atoms with E-state index in [1.165, 1.54) is 0 Å². The maximum Gasteiger partial charge on any atom is 0.314 e. The smallest absolute Gasteiger partial charge is 0.314 e. The van der Waals surface area contributed by atoms with E-state index in [1.807, 2.05) is 49.4 Å². The molecule has 0 aromatic heterocycles. The van der Waals surface area contributed by atoms with E-state index in [9.17, 15) is 9.90 Å². The van der Waals surface area contributed by atoms with E-state index in [0.717, 1.165) is 12.0 Å². The third kappa shape index (κ3) is 7.51. The van der Waals surface area contributed by atoms with Gasteiger partial charge in [-0.15, -0.1) is 0 Å². The molecule has 1 aromatic carbocycles. The Morgan fingerprint density at radius 1 is 1.29 bits per heavy atom. The van der Waals surface area contributed by atoms with Crippen molar-refractivity contribution in [3.63, 3.8) is 0 Å². The molecule has 116 valence electrons. The molecule has 0 aliphatic carbocycles. The average Bonchev–Trinajstić information content (AvgIpc) is 2.48. The number of aliphatic hydroxyl groups excluding tert-OH is 1. The number of rotatable bonds is 8. The third-order valence-corrected chi connectivity index (χ3v) is 3.24. The zero-order valence-electron chi connectivity index (χ0n) is 12.9. The van der Waals surface area contributed by atoms with Gasteiger partial charge in [-0.1, -0.05) is 42.5 Å². The minimum Gasteiger partial charge on any atom is -0.393 e. The number of carbonyl (C=O) groups excluding carboxylic acids is 1. The van der Waals surface area contributed by atoms with Crippen LogP contribution in [0.1, 0.15) is 38.2 Å². The molecule has 0 aliphatic rings. The predicted octanol–water partition coefficient (Wildman–Crippen LogP) is 2.81. The maximum atomic E-state index is 11.7. The van der Waals surface area contributed by atoms with Gasteiger partial charge in [0.15, 0.2) is 0 Å². The maximum absolute atomic E-state index is 11.7. The molecule has 4 heteroatoms. The molecule has 0 saturated carbocycles. The monoisotopic (exact) mass is 290 g/mol. The molecule has 3 N–H and O–H groups in total. The number of allylic oxidation sites excluding steroid dienone is 1. The summed E-state index contributed by atoms with van der Waals surface area (Å²) in [7, 11) is 0. The van der Waals surface area contributed by atoms with Crippen molar-refractivity contribution in [1.82, 2.24) is 10.6 Å². The van der Waals surface area contributed by atoms with Crippen LogP contribution in [-0.4, -0.2) is 30.3 Å². The molecule has 1 aromatic rings. The van der Waals surface area contributed by atoms with Gasteiger partial charge in [0.1, 0.15) is 0 Å². The number of hydrogen-bond acceptors (Lipinski definition) is 2. The molecule has 0 saturated heterocycles. The van der Waals surface area contributed by atoms with E-state index < -0.39 is 6.10 Å². The molecular formula is C17H26N2O2. The standard InChI is InChI=1S/C17H26N2O2/c1-3-4-8-11-18-17(21)19-13-16(12-14(2)20)15-9-6-5-7-10-15/h3-7,9-10,14,16,20H,8,11-13H2,1-2H3,(H2,18,19,21)/b4-3+. The van der Waals surface area contributed by atoms with Crippen molar-refractivity contribution in [2.75, 3.05) is 13.1 Å². The molecule has 2 amide bonds. The van der Waals surface area contributed by atoms with Crippen molar-refractivity contribution in [2.45, 2.75) is 38.7 Å². The third-order valence-electron chi connectivity index (χ3n) is 3.24. The van der Waals surface area contributed by atoms with Gasteiger partial charge in [-0.2, -0.15) is 0 Å². The fourth-order valence-corrected chi connectivity index (χ4v) is 2.19. The van der Waals surface area contributed by atoms with Crippen molar-refractivity contribution >= 4 is 6.03 Å². The molecule has 0 fully saturated rings. The van der Waals surface area contributed by atoms with Gasteiger partial charge < -0.3 is 15.7 Å². The van der Waals surface area contributed by atoms with Crippen LogP contribution in [0.2, 0.25) is 0 Å². The summed E-state index contributed by atoms with van der Waals surface area (Å²) in [5, 5.41) is 15.3. The molecule has 4 nitrogen and oxygen atoms in total. The lowest BCUT2D eigenvalue weighted by molar-refractivity contribution is 0.173. The van der Waals surface area contributed by atoms with Crippen LogP contribution in [0.5, 0.6) is 0 Å². The SMILES string of the molecule is C/C=C/CCNC(=O)NCC(CC(C)O)c1ccccc1. The Bertz CT molecular complexity index is 430. The highest BCUT2D eigenvalue weighted by molar-refractivity contribution is 5.73. The van der Waals surface area contributed by atoms with Crippen LogP contribution < -0.4 is 10.6 Å². The van der Waals surface area contributed by atoms with Gasteiger partial charge >= 0.3 is 6.03 Å². The summed E-state index contributed by atoms with van der Waals surface area (Å²) in [5.41, 5.74) is 1.13. The molecule has 2 unspecified atom stereocenters. The number of amides is 2. The summed E-state index contributed by atoms with van der Waals surface area (Å²) in [6, 6.07) is 9.80. The first-order chi connectivity index (χ1) is 10.1. The first-order valence-corrected chi connectivity index (χ1v) is 7.49. The van der Waals surface area contributed by atoms with Crippen LogP contribution in [-0.2, 0) is 0 Å². The zero-order chi connectivity index (χ0) is 15.5. The second kappa shape index (κ2) is 10.00. The predicted molar refractivity (Wildman–Crippen MR) is 86.3 cm³/mol. The zero-order valence-corrected chi connectivity index (χ0v) is 12.9. The van der Waals surface area contributed by atoms with E-state index in [4.69, 9.17) is 0 Å². The van der Waals surface area contributed by atoms with Crippen LogP contribution in [0.3, 0.4) is 0 Å². The first kappa shape index (κ1) is 17.2. The topological polar surface area (TPSA) is 61.4 Å². The second-order valence-corrected chi connectivity index (χ2v) is 5.19. The fraction of sp³-hybridized carbons (Fsp3) is 0.471. The minimum absolute atomic E-state index is 0.118. The summed E-state index contributed by atoms with van der Waals surface area (Å²) < 4.78 is 0. The molecule has 1 rings (SSSR count). The van der Waals surface area contributed by atoms with E-state index in [2.05, 4.69) is 10.6 Å². The fourth-order valence-electron chi connectivity index (χ4n) is 2.19. The largest absolute Gasteiger partial charge is 0.393 e. The minimum atomic E-state index is -0.394. The highest BCUT2D eigenvalue weighted by Gasteiger charge is 2.15. The molecule has 0 spiro atoms. The number of nitrogens with one attached hydrogen (secondary N) is 2. The normalized spacial score (nSPS) is 13.9. The second-order valence-electron chi connectivity index (χ2n) is 5.19. The lowest BCUT2D eigenvalue weighted by Crippen LogP contribution is -2.38. The van der Waals surface area contributed by atoms with Gasteiger partial charge in [0.2, 0.25) is 0 Å². The van der Waals surface area contributed by atoms with Crippen LogP contribution in [0.15, 0.2) is 42.5 Å². The van der Waals surface area contributed by atoms with Gasteiger partial charge in [-0.05, 0) is 32.3 Å². The van der Waals surface area contributed by atoms with Crippen LogP contribution >= 0.6 is 0 Å². The summed E-state index contributed by atoms with van der Waals surface area (Å²) in [6.07, 6.45) is 5.05. The summed E-state index contributed by atoms with van der Waals surface area (Å²) in [4.78, 5) is 11.7. The number of urea groups is 1. The Morgan fingerprint density at radius 2 is 2.00 bits per heavy atom. The lowest BCUT2D eigenvalue weighted by Gasteiger charge is -2.19. The Kier molecular flexibility index (Phi) is 8.21. The van der Waals surface area contributed by atoms with Crippen LogP contribution in [0.25, 0.3) is 0 Å². The average molecular weight is 290 g/mol. The summed E-state index contributed by atoms with van der Waals surface area (Å²) in [5.74, 6) is 0.118. The Hall–Kier alpha value is -1.81. The molecule has 0 aliphatic heterocycles. The van der Waals surface area contributed by atoms with Crippen molar-refractivity contribution in [2.24, 2.45) is 0 Å². The lowest BCUT2D eigenvalue weighted by atomic mass is 9.93.